The Morgan fingerprint density at radius 1 is 1.04 bits per heavy atom. The minimum atomic E-state index is -0.653. The highest BCUT2D eigenvalue weighted by atomic mass is 35.5. The molecule has 3 N–H and O–H groups in total. The highest BCUT2D eigenvalue weighted by Gasteiger charge is 2.25. The molecule has 0 aliphatic carbocycles. The molecule has 2 aromatic rings. The molecule has 0 aromatic heterocycles. The Kier molecular flexibility index (Phi) is 10.1. The third-order valence-corrected chi connectivity index (χ3v) is 4.96. The molecule has 1 aliphatic rings. The molecule has 1 aliphatic heterocycles. The van der Waals surface area contributed by atoms with Crippen molar-refractivity contribution < 1.29 is 4.79 Å². The lowest BCUT2D eigenvalue weighted by molar-refractivity contribution is -0.122. The fraction of sp³-hybridized carbons (Fsp3) is 0.350. The zero-order valence-corrected chi connectivity index (χ0v) is 17.4. The van der Waals surface area contributed by atoms with Crippen LogP contribution in [0.4, 0.5) is 0 Å². The summed E-state index contributed by atoms with van der Waals surface area (Å²) in [6, 6.07) is 16.8. The van der Waals surface area contributed by atoms with Gasteiger partial charge in [0.2, 0.25) is 5.91 Å². The number of benzene rings is 2. The van der Waals surface area contributed by atoms with Crippen LogP contribution in [0.25, 0.3) is 0 Å². The zero-order valence-electron chi connectivity index (χ0n) is 15.0. The lowest BCUT2D eigenvalue weighted by atomic mass is 10.0. The van der Waals surface area contributed by atoms with E-state index in [0.717, 1.165) is 24.2 Å². The Balaban J connectivity index is 0.00000182. The molecule has 2 atom stereocenters. The number of halogens is 3. The van der Waals surface area contributed by atoms with E-state index in [1.807, 2.05) is 48.5 Å². The predicted molar refractivity (Wildman–Crippen MR) is 116 cm³/mol. The standard InChI is InChI=1S/C20H24ClN3O.2ClH/c21-17-10-6-9-16(13-17)18(24-11-4-5-12-24)14-23-20(25)19(22)15-7-2-1-3-8-15;;/h1-3,6-10,13,18-19H,4-5,11-12,14,22H2,(H,23,25);2*1H. The van der Waals surface area contributed by atoms with Crippen molar-refractivity contribution in [2.75, 3.05) is 19.6 Å². The second kappa shape index (κ2) is 11.5. The smallest absolute Gasteiger partial charge is 0.241 e. The number of carbonyl (C=O) groups excluding carboxylic acids is 1. The van der Waals surface area contributed by atoms with E-state index in [4.69, 9.17) is 17.3 Å². The number of nitrogens with zero attached hydrogens (tertiary/aromatic N) is 1. The maximum Gasteiger partial charge on any atom is 0.241 e. The van der Waals surface area contributed by atoms with Crippen LogP contribution in [0.3, 0.4) is 0 Å². The number of amides is 1. The average molecular weight is 431 g/mol. The van der Waals surface area contributed by atoms with Crippen LogP contribution in [0, 0.1) is 0 Å². The van der Waals surface area contributed by atoms with Crippen LogP contribution in [0.5, 0.6) is 0 Å². The second-order valence-electron chi connectivity index (χ2n) is 6.45. The van der Waals surface area contributed by atoms with Crippen LogP contribution >= 0.6 is 36.4 Å². The number of carbonyl (C=O) groups is 1. The zero-order chi connectivity index (χ0) is 17.6. The minimum absolute atomic E-state index is 0. The van der Waals surface area contributed by atoms with Gasteiger partial charge in [-0.05, 0) is 49.2 Å². The van der Waals surface area contributed by atoms with Crippen LogP contribution in [0.1, 0.15) is 36.1 Å². The van der Waals surface area contributed by atoms with E-state index < -0.39 is 6.04 Å². The third kappa shape index (κ3) is 6.37. The Morgan fingerprint density at radius 3 is 2.30 bits per heavy atom. The molecule has 7 heteroatoms. The summed E-state index contributed by atoms with van der Waals surface area (Å²) in [5.41, 5.74) is 8.04. The van der Waals surface area contributed by atoms with Gasteiger partial charge in [-0.1, -0.05) is 54.1 Å². The van der Waals surface area contributed by atoms with Crippen molar-refractivity contribution in [3.05, 3.63) is 70.7 Å². The van der Waals surface area contributed by atoms with Gasteiger partial charge in [-0.2, -0.15) is 0 Å². The number of likely N-dealkylation sites (tertiary alicyclic amines) is 1. The number of hydrogen-bond acceptors (Lipinski definition) is 3. The number of rotatable bonds is 6. The van der Waals surface area contributed by atoms with Gasteiger partial charge in [0.15, 0.2) is 0 Å². The van der Waals surface area contributed by atoms with E-state index >= 15 is 0 Å². The first-order chi connectivity index (χ1) is 12.1. The van der Waals surface area contributed by atoms with Gasteiger partial charge < -0.3 is 11.1 Å². The predicted octanol–water partition coefficient (Wildman–Crippen LogP) is 4.14. The Morgan fingerprint density at radius 2 is 1.67 bits per heavy atom. The van der Waals surface area contributed by atoms with Crippen molar-refractivity contribution in [3.8, 4) is 0 Å². The molecule has 1 amide bonds. The van der Waals surface area contributed by atoms with Crippen molar-refractivity contribution in [1.82, 2.24) is 10.2 Å². The maximum absolute atomic E-state index is 12.5. The first kappa shape index (κ1) is 23.7. The second-order valence-corrected chi connectivity index (χ2v) is 6.88. The van der Waals surface area contributed by atoms with E-state index in [0.29, 0.717) is 11.6 Å². The van der Waals surface area contributed by atoms with Gasteiger partial charge in [0.05, 0.1) is 6.04 Å². The molecular weight excluding hydrogens is 405 g/mol. The maximum atomic E-state index is 12.5. The SMILES string of the molecule is Cl.Cl.NC(C(=O)NCC(c1cccc(Cl)c1)N1CCCC1)c1ccccc1. The molecule has 0 bridgehead atoms. The van der Waals surface area contributed by atoms with Crippen molar-refractivity contribution >= 4 is 42.3 Å². The number of hydrogen-bond donors (Lipinski definition) is 2. The van der Waals surface area contributed by atoms with Gasteiger partial charge in [-0.15, -0.1) is 24.8 Å². The van der Waals surface area contributed by atoms with Crippen LogP contribution in [0.15, 0.2) is 54.6 Å². The Labute approximate surface area is 178 Å². The number of nitrogens with two attached hydrogens (primary N) is 1. The van der Waals surface area contributed by atoms with Crippen molar-refractivity contribution in [2.45, 2.75) is 24.9 Å². The van der Waals surface area contributed by atoms with E-state index in [2.05, 4.69) is 16.3 Å². The summed E-state index contributed by atoms with van der Waals surface area (Å²) in [6.45, 7) is 2.61. The highest BCUT2D eigenvalue weighted by molar-refractivity contribution is 6.30. The Hall–Kier alpha value is -1.30. The molecule has 1 saturated heterocycles. The normalized spacial score (nSPS) is 15.9. The fourth-order valence-corrected chi connectivity index (χ4v) is 3.54. The molecule has 4 nitrogen and oxygen atoms in total. The van der Waals surface area contributed by atoms with Crippen LogP contribution in [-0.4, -0.2) is 30.4 Å². The minimum Gasteiger partial charge on any atom is -0.353 e. The van der Waals surface area contributed by atoms with Gasteiger partial charge >= 0.3 is 0 Å². The molecule has 0 radical (unpaired) electrons. The Bertz CT molecular complexity index is 709. The average Bonchev–Trinajstić information content (AvgIpc) is 3.16. The molecule has 1 fully saturated rings. The van der Waals surface area contributed by atoms with Crippen LogP contribution in [-0.2, 0) is 4.79 Å². The first-order valence-electron chi connectivity index (χ1n) is 8.73. The topological polar surface area (TPSA) is 58.4 Å². The van der Waals surface area contributed by atoms with E-state index in [1.165, 1.54) is 12.8 Å². The third-order valence-electron chi connectivity index (χ3n) is 4.73. The molecular formula is C20H26Cl3N3O. The van der Waals surface area contributed by atoms with Gasteiger partial charge in [0, 0.05) is 11.6 Å². The van der Waals surface area contributed by atoms with E-state index in [-0.39, 0.29) is 36.8 Å². The number of nitrogens with one attached hydrogen (secondary N) is 1. The summed E-state index contributed by atoms with van der Waals surface area (Å²) in [7, 11) is 0. The quantitative estimate of drug-likeness (QED) is 0.724. The van der Waals surface area contributed by atoms with Crippen molar-refractivity contribution in [1.29, 1.82) is 0 Å². The van der Waals surface area contributed by atoms with E-state index in [9.17, 15) is 4.79 Å². The summed E-state index contributed by atoms with van der Waals surface area (Å²) in [5.74, 6) is -0.155. The molecule has 2 unspecified atom stereocenters. The van der Waals surface area contributed by atoms with Crippen LogP contribution in [0.2, 0.25) is 5.02 Å². The molecule has 27 heavy (non-hydrogen) atoms. The van der Waals surface area contributed by atoms with Crippen molar-refractivity contribution in [2.24, 2.45) is 5.73 Å². The highest BCUT2D eigenvalue weighted by Crippen LogP contribution is 2.26. The molecule has 3 rings (SSSR count). The lowest BCUT2D eigenvalue weighted by Crippen LogP contribution is -2.40. The summed E-state index contributed by atoms with van der Waals surface area (Å²) in [6.07, 6.45) is 2.38. The molecule has 2 aromatic carbocycles. The molecule has 0 spiro atoms. The lowest BCUT2D eigenvalue weighted by Gasteiger charge is -2.29. The molecule has 1 heterocycles. The van der Waals surface area contributed by atoms with Gasteiger partial charge in [0.25, 0.3) is 0 Å². The van der Waals surface area contributed by atoms with Crippen molar-refractivity contribution in [3.63, 3.8) is 0 Å². The van der Waals surface area contributed by atoms with Gasteiger partial charge in [-0.3, -0.25) is 9.69 Å². The monoisotopic (exact) mass is 429 g/mol. The molecule has 148 valence electrons. The fourth-order valence-electron chi connectivity index (χ4n) is 3.34. The first-order valence-corrected chi connectivity index (χ1v) is 9.10. The summed E-state index contributed by atoms with van der Waals surface area (Å²) in [4.78, 5) is 14.9. The van der Waals surface area contributed by atoms with Gasteiger partial charge in [0.1, 0.15) is 6.04 Å². The summed E-state index contributed by atoms with van der Waals surface area (Å²) < 4.78 is 0. The van der Waals surface area contributed by atoms with Gasteiger partial charge in [-0.25, -0.2) is 0 Å². The van der Waals surface area contributed by atoms with E-state index in [1.54, 1.807) is 0 Å². The molecule has 0 saturated carbocycles. The van der Waals surface area contributed by atoms with Crippen LogP contribution < -0.4 is 11.1 Å². The largest absolute Gasteiger partial charge is 0.353 e. The summed E-state index contributed by atoms with van der Waals surface area (Å²) >= 11 is 6.16. The summed E-state index contributed by atoms with van der Waals surface area (Å²) in [5, 5.41) is 3.74.